The third-order valence-corrected chi connectivity index (χ3v) is 2.95. The van der Waals surface area contributed by atoms with Gasteiger partial charge in [0.1, 0.15) is 5.82 Å². The summed E-state index contributed by atoms with van der Waals surface area (Å²) in [7, 11) is 1.93. The zero-order valence-corrected chi connectivity index (χ0v) is 10.9. The first-order valence-corrected chi connectivity index (χ1v) is 6.11. The minimum Gasteiger partial charge on any atom is -0.305 e. The number of hydrogen-bond acceptors (Lipinski definition) is 2. The SMILES string of the molecule is CCNC(c1ccc(F)cc1)c1cc(C)nn1C. The van der Waals surface area contributed by atoms with Crippen LogP contribution in [-0.2, 0) is 7.05 Å². The van der Waals surface area contributed by atoms with E-state index in [4.69, 9.17) is 0 Å². The van der Waals surface area contributed by atoms with Crippen LogP contribution in [0.25, 0.3) is 0 Å². The first-order valence-electron chi connectivity index (χ1n) is 6.11. The molecule has 0 aliphatic heterocycles. The predicted octanol–water partition coefficient (Wildman–Crippen LogP) is 2.57. The van der Waals surface area contributed by atoms with E-state index < -0.39 is 0 Å². The molecule has 1 unspecified atom stereocenters. The van der Waals surface area contributed by atoms with E-state index in [1.165, 1.54) is 12.1 Å². The molecule has 1 atom stereocenters. The molecule has 0 aliphatic carbocycles. The summed E-state index contributed by atoms with van der Waals surface area (Å²) in [6.45, 7) is 4.86. The van der Waals surface area contributed by atoms with Gasteiger partial charge in [0, 0.05) is 7.05 Å². The molecular weight excluding hydrogens is 229 g/mol. The average molecular weight is 247 g/mol. The first-order chi connectivity index (χ1) is 8.61. The Bertz CT molecular complexity index is 516. The van der Waals surface area contributed by atoms with E-state index in [2.05, 4.69) is 23.4 Å². The van der Waals surface area contributed by atoms with Gasteiger partial charge in [-0.05, 0) is 37.2 Å². The summed E-state index contributed by atoms with van der Waals surface area (Å²) in [6, 6.07) is 8.69. The van der Waals surface area contributed by atoms with Crippen LogP contribution in [0.3, 0.4) is 0 Å². The molecule has 2 rings (SSSR count). The molecular formula is C14H18FN3. The Morgan fingerprint density at radius 1 is 1.33 bits per heavy atom. The Kier molecular flexibility index (Phi) is 3.77. The van der Waals surface area contributed by atoms with Gasteiger partial charge in [-0.1, -0.05) is 19.1 Å². The maximum absolute atomic E-state index is 13.0. The lowest BCUT2D eigenvalue weighted by molar-refractivity contribution is 0.569. The van der Waals surface area contributed by atoms with Crippen molar-refractivity contribution >= 4 is 0 Å². The molecule has 1 heterocycles. The highest BCUT2D eigenvalue weighted by Crippen LogP contribution is 2.22. The van der Waals surface area contributed by atoms with Gasteiger partial charge in [-0.15, -0.1) is 0 Å². The second kappa shape index (κ2) is 5.31. The van der Waals surface area contributed by atoms with Crippen molar-refractivity contribution in [3.63, 3.8) is 0 Å². The fourth-order valence-electron chi connectivity index (χ4n) is 2.15. The molecule has 1 N–H and O–H groups in total. The van der Waals surface area contributed by atoms with Crippen molar-refractivity contribution in [2.24, 2.45) is 7.05 Å². The normalized spacial score (nSPS) is 12.7. The van der Waals surface area contributed by atoms with Crippen LogP contribution in [0.2, 0.25) is 0 Å². The monoisotopic (exact) mass is 247 g/mol. The van der Waals surface area contributed by atoms with Gasteiger partial charge in [-0.3, -0.25) is 4.68 Å². The van der Waals surface area contributed by atoms with E-state index in [9.17, 15) is 4.39 Å². The first kappa shape index (κ1) is 12.8. The van der Waals surface area contributed by atoms with Gasteiger partial charge in [0.25, 0.3) is 0 Å². The maximum atomic E-state index is 13.0. The minimum absolute atomic E-state index is 0.0433. The standard InChI is InChI=1S/C14H18FN3/c1-4-16-14(11-5-7-12(15)8-6-11)13-9-10(2)17-18(13)3/h5-9,14,16H,4H2,1-3H3. The van der Waals surface area contributed by atoms with Crippen LogP contribution in [0.1, 0.15) is 29.9 Å². The quantitative estimate of drug-likeness (QED) is 0.900. The Hall–Kier alpha value is -1.68. The van der Waals surface area contributed by atoms with Crippen LogP contribution in [0, 0.1) is 12.7 Å². The van der Waals surface area contributed by atoms with Crippen LogP contribution in [-0.4, -0.2) is 16.3 Å². The number of halogens is 1. The van der Waals surface area contributed by atoms with Crippen molar-refractivity contribution in [3.8, 4) is 0 Å². The second-order valence-electron chi connectivity index (χ2n) is 4.38. The summed E-state index contributed by atoms with van der Waals surface area (Å²) in [5.74, 6) is -0.213. The number of benzene rings is 1. The smallest absolute Gasteiger partial charge is 0.123 e. The fraction of sp³-hybridized carbons (Fsp3) is 0.357. The molecule has 0 radical (unpaired) electrons. The van der Waals surface area contributed by atoms with Crippen LogP contribution in [0.5, 0.6) is 0 Å². The number of nitrogens with one attached hydrogen (secondary N) is 1. The molecule has 4 heteroatoms. The van der Waals surface area contributed by atoms with E-state index in [1.807, 2.05) is 30.8 Å². The summed E-state index contributed by atoms with van der Waals surface area (Å²) < 4.78 is 14.9. The number of nitrogens with zero attached hydrogens (tertiary/aromatic N) is 2. The lowest BCUT2D eigenvalue weighted by Crippen LogP contribution is -2.24. The molecule has 0 saturated carbocycles. The second-order valence-corrected chi connectivity index (χ2v) is 4.38. The van der Waals surface area contributed by atoms with Crippen molar-refractivity contribution in [2.75, 3.05) is 6.54 Å². The molecule has 0 aliphatic rings. The van der Waals surface area contributed by atoms with Crippen molar-refractivity contribution in [1.82, 2.24) is 15.1 Å². The number of hydrogen-bond donors (Lipinski definition) is 1. The van der Waals surface area contributed by atoms with E-state index >= 15 is 0 Å². The van der Waals surface area contributed by atoms with Gasteiger partial charge in [-0.25, -0.2) is 4.39 Å². The summed E-state index contributed by atoms with van der Waals surface area (Å²) in [5.41, 5.74) is 3.11. The van der Waals surface area contributed by atoms with Crippen molar-refractivity contribution in [2.45, 2.75) is 19.9 Å². The summed E-state index contributed by atoms with van der Waals surface area (Å²) >= 11 is 0. The molecule has 18 heavy (non-hydrogen) atoms. The Morgan fingerprint density at radius 3 is 2.50 bits per heavy atom. The molecule has 2 aromatic rings. The highest BCUT2D eigenvalue weighted by Gasteiger charge is 2.17. The number of rotatable bonds is 4. The zero-order valence-electron chi connectivity index (χ0n) is 10.9. The Labute approximate surface area is 107 Å². The molecule has 0 amide bonds. The largest absolute Gasteiger partial charge is 0.305 e. The molecule has 0 spiro atoms. The third-order valence-electron chi connectivity index (χ3n) is 2.95. The lowest BCUT2D eigenvalue weighted by Gasteiger charge is -2.18. The lowest BCUT2D eigenvalue weighted by atomic mass is 10.0. The van der Waals surface area contributed by atoms with Crippen molar-refractivity contribution in [1.29, 1.82) is 0 Å². The molecule has 1 aromatic heterocycles. The van der Waals surface area contributed by atoms with E-state index in [-0.39, 0.29) is 11.9 Å². The number of aromatic nitrogens is 2. The molecule has 0 bridgehead atoms. The fourth-order valence-corrected chi connectivity index (χ4v) is 2.15. The van der Waals surface area contributed by atoms with Crippen molar-refractivity contribution < 1.29 is 4.39 Å². The Balaban J connectivity index is 2.39. The van der Waals surface area contributed by atoms with Gasteiger partial charge >= 0.3 is 0 Å². The average Bonchev–Trinajstić information content (AvgIpc) is 2.67. The number of aryl methyl sites for hydroxylation is 2. The maximum Gasteiger partial charge on any atom is 0.123 e. The van der Waals surface area contributed by atoms with Gasteiger partial charge in [-0.2, -0.15) is 5.10 Å². The zero-order chi connectivity index (χ0) is 13.1. The molecule has 0 fully saturated rings. The van der Waals surface area contributed by atoms with Gasteiger partial charge in [0.05, 0.1) is 17.4 Å². The van der Waals surface area contributed by atoms with Crippen LogP contribution < -0.4 is 5.32 Å². The van der Waals surface area contributed by atoms with Gasteiger partial charge in [0.15, 0.2) is 0 Å². The molecule has 1 aromatic carbocycles. The minimum atomic E-state index is -0.213. The molecule has 3 nitrogen and oxygen atoms in total. The van der Waals surface area contributed by atoms with E-state index in [0.717, 1.165) is 23.5 Å². The highest BCUT2D eigenvalue weighted by molar-refractivity contribution is 5.29. The summed E-state index contributed by atoms with van der Waals surface area (Å²) in [4.78, 5) is 0. The van der Waals surface area contributed by atoms with Crippen LogP contribution in [0.4, 0.5) is 4.39 Å². The van der Waals surface area contributed by atoms with Gasteiger partial charge < -0.3 is 5.32 Å². The highest BCUT2D eigenvalue weighted by atomic mass is 19.1. The van der Waals surface area contributed by atoms with E-state index in [1.54, 1.807) is 0 Å². The third kappa shape index (κ3) is 2.59. The van der Waals surface area contributed by atoms with Crippen LogP contribution in [0.15, 0.2) is 30.3 Å². The molecule has 96 valence electrons. The Morgan fingerprint density at radius 2 is 2.00 bits per heavy atom. The topological polar surface area (TPSA) is 29.9 Å². The summed E-state index contributed by atoms with van der Waals surface area (Å²) in [6.07, 6.45) is 0. The van der Waals surface area contributed by atoms with E-state index in [0.29, 0.717) is 0 Å². The molecule has 0 saturated heterocycles. The van der Waals surface area contributed by atoms with Crippen LogP contribution >= 0.6 is 0 Å². The van der Waals surface area contributed by atoms with Gasteiger partial charge in [0.2, 0.25) is 0 Å². The van der Waals surface area contributed by atoms with Crippen molar-refractivity contribution in [3.05, 3.63) is 53.1 Å². The predicted molar refractivity (Wildman–Crippen MR) is 69.9 cm³/mol. The summed E-state index contributed by atoms with van der Waals surface area (Å²) in [5, 5.41) is 7.77.